The number of halogens is 1. The molecule has 1 aromatic heterocycles. The number of nitrogens with zero attached hydrogens (tertiary/aromatic N) is 2. The zero-order valence-electron chi connectivity index (χ0n) is 12.9. The predicted octanol–water partition coefficient (Wildman–Crippen LogP) is 4.16. The Bertz CT molecular complexity index is 848. The van der Waals surface area contributed by atoms with E-state index >= 15 is 0 Å². The fourth-order valence-electron chi connectivity index (χ4n) is 2.05. The van der Waals surface area contributed by atoms with Crippen LogP contribution in [0, 0.1) is 6.92 Å². The van der Waals surface area contributed by atoms with E-state index in [1.54, 1.807) is 6.07 Å². The molecule has 0 spiro atoms. The lowest BCUT2D eigenvalue weighted by Crippen LogP contribution is -2.14. The predicted molar refractivity (Wildman–Crippen MR) is 97.4 cm³/mol. The largest absolute Gasteiger partial charge is 0.325 e. The Hall–Kier alpha value is -2.31. The third kappa shape index (κ3) is 4.15. The first-order valence-corrected chi connectivity index (χ1v) is 8.65. The molecule has 7 heteroatoms. The van der Waals surface area contributed by atoms with Crippen molar-refractivity contribution in [1.82, 2.24) is 15.2 Å². The Morgan fingerprint density at radius 2 is 1.96 bits per heavy atom. The monoisotopic (exact) mass is 358 g/mol. The van der Waals surface area contributed by atoms with Gasteiger partial charge in [0.25, 0.3) is 0 Å². The number of nitrogens with one attached hydrogen (secondary N) is 2. The number of aryl methyl sites for hydroxylation is 1. The van der Waals surface area contributed by atoms with Gasteiger partial charge in [-0.15, -0.1) is 5.10 Å². The van der Waals surface area contributed by atoms with Crippen molar-refractivity contribution in [3.05, 3.63) is 59.1 Å². The van der Waals surface area contributed by atoms with Gasteiger partial charge in [-0.2, -0.15) is 0 Å². The topological polar surface area (TPSA) is 70.7 Å². The second kappa shape index (κ2) is 7.51. The van der Waals surface area contributed by atoms with Crippen LogP contribution in [0.5, 0.6) is 0 Å². The summed E-state index contributed by atoms with van der Waals surface area (Å²) in [6.07, 6.45) is 0. The fraction of sp³-hybridized carbons (Fsp3) is 0.118. The highest BCUT2D eigenvalue weighted by molar-refractivity contribution is 7.99. The zero-order valence-corrected chi connectivity index (χ0v) is 14.5. The fourth-order valence-corrected chi connectivity index (χ4v) is 2.87. The summed E-state index contributed by atoms with van der Waals surface area (Å²) < 4.78 is 0. The first-order chi connectivity index (χ1) is 11.6. The van der Waals surface area contributed by atoms with Crippen molar-refractivity contribution >= 4 is 35.0 Å². The van der Waals surface area contributed by atoms with Gasteiger partial charge in [0.05, 0.1) is 10.8 Å². The van der Waals surface area contributed by atoms with Crippen molar-refractivity contribution in [1.29, 1.82) is 0 Å². The molecule has 0 bridgehead atoms. The molecule has 0 saturated heterocycles. The summed E-state index contributed by atoms with van der Waals surface area (Å²) in [5.41, 5.74) is 2.70. The van der Waals surface area contributed by atoms with Gasteiger partial charge in [0.2, 0.25) is 11.1 Å². The molecular weight excluding hydrogens is 344 g/mol. The third-order valence-corrected chi connectivity index (χ3v) is 4.44. The maximum Gasteiger partial charge on any atom is 0.234 e. The highest BCUT2D eigenvalue weighted by atomic mass is 35.5. The molecule has 0 aliphatic heterocycles. The summed E-state index contributed by atoms with van der Waals surface area (Å²) in [5, 5.41) is 10.9. The lowest BCUT2D eigenvalue weighted by molar-refractivity contribution is -0.113. The third-order valence-electron chi connectivity index (χ3n) is 3.26. The Labute approximate surface area is 148 Å². The molecule has 0 radical (unpaired) electrons. The van der Waals surface area contributed by atoms with E-state index in [1.165, 1.54) is 11.8 Å². The van der Waals surface area contributed by atoms with E-state index in [0.29, 0.717) is 16.0 Å². The quantitative estimate of drug-likeness (QED) is 0.672. The first kappa shape index (κ1) is 16.5. The number of benzene rings is 2. The SMILES string of the molecule is Cc1ccc(NC(=O)CSc2n[nH]c(-c3ccccc3Cl)n2)cc1. The molecule has 0 aliphatic rings. The van der Waals surface area contributed by atoms with E-state index in [-0.39, 0.29) is 11.7 Å². The number of anilines is 1. The van der Waals surface area contributed by atoms with E-state index in [1.807, 2.05) is 49.4 Å². The summed E-state index contributed by atoms with van der Waals surface area (Å²) in [5.74, 6) is 0.711. The van der Waals surface area contributed by atoms with Crippen molar-refractivity contribution in [3.8, 4) is 11.4 Å². The van der Waals surface area contributed by atoms with Crippen molar-refractivity contribution in [2.24, 2.45) is 0 Å². The smallest absolute Gasteiger partial charge is 0.234 e. The molecule has 2 N–H and O–H groups in total. The number of aromatic amines is 1. The average molecular weight is 359 g/mol. The molecule has 2 aromatic carbocycles. The minimum atomic E-state index is -0.104. The second-order valence-corrected chi connectivity index (χ2v) is 6.50. The van der Waals surface area contributed by atoms with Gasteiger partial charge in [-0.05, 0) is 31.2 Å². The number of thioether (sulfide) groups is 1. The van der Waals surface area contributed by atoms with Crippen LogP contribution in [0.2, 0.25) is 5.02 Å². The van der Waals surface area contributed by atoms with Gasteiger partial charge in [0.15, 0.2) is 5.82 Å². The average Bonchev–Trinajstić information content (AvgIpc) is 3.04. The van der Waals surface area contributed by atoms with E-state index in [2.05, 4.69) is 20.5 Å². The van der Waals surface area contributed by atoms with E-state index in [9.17, 15) is 4.79 Å². The summed E-state index contributed by atoms with van der Waals surface area (Å²) in [7, 11) is 0. The van der Waals surface area contributed by atoms with Crippen LogP contribution in [0.3, 0.4) is 0 Å². The summed E-state index contributed by atoms with van der Waals surface area (Å²) in [6.45, 7) is 2.00. The standard InChI is InChI=1S/C17H15ClN4OS/c1-11-6-8-12(9-7-11)19-15(23)10-24-17-20-16(21-22-17)13-4-2-3-5-14(13)18/h2-9H,10H2,1H3,(H,19,23)(H,20,21,22). The van der Waals surface area contributed by atoms with Crippen LogP contribution in [0.1, 0.15) is 5.56 Å². The van der Waals surface area contributed by atoms with Crippen LogP contribution >= 0.6 is 23.4 Å². The zero-order chi connectivity index (χ0) is 16.9. The van der Waals surface area contributed by atoms with Gasteiger partial charge in [-0.3, -0.25) is 9.89 Å². The number of amides is 1. The molecule has 0 fully saturated rings. The first-order valence-electron chi connectivity index (χ1n) is 7.28. The number of carbonyl (C=O) groups excluding carboxylic acids is 1. The molecule has 5 nitrogen and oxygen atoms in total. The number of hydrogen-bond acceptors (Lipinski definition) is 4. The number of carbonyl (C=O) groups is 1. The molecule has 0 atom stereocenters. The van der Waals surface area contributed by atoms with Gasteiger partial charge in [-0.25, -0.2) is 4.98 Å². The molecule has 0 aliphatic carbocycles. The molecule has 3 rings (SSSR count). The van der Waals surface area contributed by atoms with Crippen molar-refractivity contribution < 1.29 is 4.79 Å². The normalized spacial score (nSPS) is 10.6. The van der Waals surface area contributed by atoms with E-state index in [4.69, 9.17) is 11.6 Å². The van der Waals surface area contributed by atoms with Gasteiger partial charge < -0.3 is 5.32 Å². The minimum Gasteiger partial charge on any atom is -0.325 e. The van der Waals surface area contributed by atoms with Crippen molar-refractivity contribution in [3.63, 3.8) is 0 Å². The van der Waals surface area contributed by atoms with Gasteiger partial charge >= 0.3 is 0 Å². The molecule has 3 aromatic rings. The Morgan fingerprint density at radius 1 is 1.21 bits per heavy atom. The number of H-pyrrole nitrogens is 1. The van der Waals surface area contributed by atoms with Crippen molar-refractivity contribution in [2.75, 3.05) is 11.1 Å². The Morgan fingerprint density at radius 3 is 2.71 bits per heavy atom. The molecule has 0 unspecified atom stereocenters. The Kier molecular flexibility index (Phi) is 5.17. The number of hydrogen-bond donors (Lipinski definition) is 2. The molecular formula is C17H15ClN4OS. The highest BCUT2D eigenvalue weighted by Gasteiger charge is 2.11. The summed E-state index contributed by atoms with van der Waals surface area (Å²) >= 11 is 7.40. The van der Waals surface area contributed by atoms with Crippen LogP contribution < -0.4 is 5.32 Å². The van der Waals surface area contributed by atoms with E-state index in [0.717, 1.165) is 16.8 Å². The second-order valence-electron chi connectivity index (χ2n) is 5.15. The minimum absolute atomic E-state index is 0.104. The van der Waals surface area contributed by atoms with Gasteiger partial charge in [0, 0.05) is 11.3 Å². The molecule has 0 saturated carbocycles. The maximum atomic E-state index is 12.0. The molecule has 24 heavy (non-hydrogen) atoms. The van der Waals surface area contributed by atoms with Crippen LogP contribution in [0.15, 0.2) is 53.7 Å². The lowest BCUT2D eigenvalue weighted by atomic mass is 10.2. The molecule has 1 amide bonds. The lowest BCUT2D eigenvalue weighted by Gasteiger charge is -2.04. The van der Waals surface area contributed by atoms with Crippen LogP contribution in [0.4, 0.5) is 5.69 Å². The highest BCUT2D eigenvalue weighted by Crippen LogP contribution is 2.26. The maximum absolute atomic E-state index is 12.0. The summed E-state index contributed by atoms with van der Waals surface area (Å²) in [6, 6.07) is 15.0. The molecule has 122 valence electrons. The Balaban J connectivity index is 1.58. The van der Waals surface area contributed by atoms with Crippen LogP contribution in [-0.4, -0.2) is 26.8 Å². The van der Waals surface area contributed by atoms with Gasteiger partial charge in [-0.1, -0.05) is 53.2 Å². The van der Waals surface area contributed by atoms with Crippen LogP contribution in [-0.2, 0) is 4.79 Å². The number of aromatic nitrogens is 3. The van der Waals surface area contributed by atoms with Crippen LogP contribution in [0.25, 0.3) is 11.4 Å². The van der Waals surface area contributed by atoms with Gasteiger partial charge in [0.1, 0.15) is 0 Å². The van der Waals surface area contributed by atoms with E-state index < -0.39 is 0 Å². The van der Waals surface area contributed by atoms with Crippen molar-refractivity contribution in [2.45, 2.75) is 12.1 Å². The summed E-state index contributed by atoms with van der Waals surface area (Å²) in [4.78, 5) is 16.3. The number of rotatable bonds is 5. The molecule has 1 heterocycles.